The van der Waals surface area contributed by atoms with Crippen LogP contribution >= 0.6 is 0 Å². The van der Waals surface area contributed by atoms with Crippen molar-refractivity contribution in [3.05, 3.63) is 58.3 Å². The number of aromatic nitrogens is 1. The Labute approximate surface area is 98.3 Å². The van der Waals surface area contributed by atoms with Crippen LogP contribution < -0.4 is 5.32 Å². The number of nitro groups is 1. The largest absolute Gasteiger partial charge is 0.334 e. The third-order valence-corrected chi connectivity index (χ3v) is 2.24. The molecular weight excluding hydrogens is 218 g/mol. The summed E-state index contributed by atoms with van der Waals surface area (Å²) in [6, 6.07) is 10.7. The van der Waals surface area contributed by atoms with E-state index < -0.39 is 4.92 Å². The Morgan fingerprint density at radius 2 is 2.00 bits per heavy atom. The average Bonchev–Trinajstić information content (AvgIpc) is 2.32. The highest BCUT2D eigenvalue weighted by atomic mass is 16.6. The molecule has 5 heteroatoms. The van der Waals surface area contributed by atoms with E-state index in [1.54, 1.807) is 13.1 Å². The van der Waals surface area contributed by atoms with Crippen molar-refractivity contribution in [2.45, 2.75) is 6.92 Å². The van der Waals surface area contributed by atoms with Gasteiger partial charge in [-0.15, -0.1) is 0 Å². The molecule has 1 aromatic carbocycles. The zero-order valence-electron chi connectivity index (χ0n) is 9.25. The summed E-state index contributed by atoms with van der Waals surface area (Å²) in [6.45, 7) is 1.77. The molecule has 0 radical (unpaired) electrons. The molecule has 1 N–H and O–H groups in total. The van der Waals surface area contributed by atoms with Crippen LogP contribution in [-0.4, -0.2) is 9.91 Å². The molecule has 17 heavy (non-hydrogen) atoms. The molecule has 0 bridgehead atoms. The fraction of sp³-hybridized carbons (Fsp3) is 0.0833. The molecule has 2 aromatic rings. The van der Waals surface area contributed by atoms with Gasteiger partial charge in [0.05, 0.1) is 4.92 Å². The number of aryl methyl sites for hydroxylation is 1. The van der Waals surface area contributed by atoms with Crippen LogP contribution in [0.1, 0.15) is 5.56 Å². The lowest BCUT2D eigenvalue weighted by Gasteiger charge is -2.06. The van der Waals surface area contributed by atoms with Crippen LogP contribution in [0.4, 0.5) is 17.2 Å². The van der Waals surface area contributed by atoms with E-state index in [4.69, 9.17) is 0 Å². The molecule has 0 amide bonds. The number of benzene rings is 1. The number of hydrogen-bond acceptors (Lipinski definition) is 4. The minimum absolute atomic E-state index is 0.0196. The number of rotatable bonds is 3. The highest BCUT2D eigenvalue weighted by Crippen LogP contribution is 2.25. The van der Waals surface area contributed by atoms with Crippen LogP contribution in [0, 0.1) is 17.0 Å². The van der Waals surface area contributed by atoms with Crippen LogP contribution in [-0.2, 0) is 0 Å². The van der Waals surface area contributed by atoms with Gasteiger partial charge in [-0.3, -0.25) is 10.1 Å². The monoisotopic (exact) mass is 229 g/mol. The smallest absolute Gasteiger partial charge is 0.311 e. The molecule has 0 unspecified atom stereocenters. The van der Waals surface area contributed by atoms with Gasteiger partial charge in [0.15, 0.2) is 0 Å². The fourth-order valence-corrected chi connectivity index (χ4v) is 1.45. The van der Waals surface area contributed by atoms with E-state index in [9.17, 15) is 10.1 Å². The van der Waals surface area contributed by atoms with E-state index in [1.807, 2.05) is 30.3 Å². The first-order valence-corrected chi connectivity index (χ1v) is 5.10. The lowest BCUT2D eigenvalue weighted by Crippen LogP contribution is -1.99. The van der Waals surface area contributed by atoms with Crippen LogP contribution in [0.2, 0.25) is 0 Å². The molecule has 5 nitrogen and oxygen atoms in total. The maximum Gasteiger partial charge on any atom is 0.311 e. The molecule has 0 aliphatic heterocycles. The number of nitrogens with one attached hydrogen (secondary N) is 1. The first-order chi connectivity index (χ1) is 8.16. The van der Waals surface area contributed by atoms with E-state index in [2.05, 4.69) is 10.3 Å². The third-order valence-electron chi connectivity index (χ3n) is 2.24. The summed E-state index contributed by atoms with van der Waals surface area (Å²) >= 11 is 0. The van der Waals surface area contributed by atoms with Crippen molar-refractivity contribution in [1.82, 2.24) is 4.98 Å². The average molecular weight is 229 g/mol. The van der Waals surface area contributed by atoms with Gasteiger partial charge < -0.3 is 5.32 Å². The molecule has 0 aliphatic carbocycles. The van der Waals surface area contributed by atoms with Crippen molar-refractivity contribution >= 4 is 17.2 Å². The van der Waals surface area contributed by atoms with Crippen molar-refractivity contribution in [1.29, 1.82) is 0 Å². The van der Waals surface area contributed by atoms with Gasteiger partial charge in [-0.25, -0.2) is 4.98 Å². The summed E-state index contributed by atoms with van der Waals surface area (Å²) in [5.74, 6) is 0.256. The highest BCUT2D eigenvalue weighted by molar-refractivity contribution is 5.65. The van der Waals surface area contributed by atoms with Gasteiger partial charge in [0.1, 0.15) is 0 Å². The molecule has 0 saturated carbocycles. The second-order valence-electron chi connectivity index (χ2n) is 3.63. The molecule has 0 saturated heterocycles. The number of para-hydroxylation sites is 1. The molecule has 0 atom stereocenters. The summed E-state index contributed by atoms with van der Waals surface area (Å²) in [7, 11) is 0. The first-order valence-electron chi connectivity index (χ1n) is 5.10. The molecule has 1 heterocycles. The predicted octanol–water partition coefficient (Wildman–Crippen LogP) is 3.04. The Kier molecular flexibility index (Phi) is 3.00. The molecule has 86 valence electrons. The quantitative estimate of drug-likeness (QED) is 0.648. The van der Waals surface area contributed by atoms with Gasteiger partial charge in [0.2, 0.25) is 5.82 Å². The van der Waals surface area contributed by atoms with E-state index in [0.717, 1.165) is 11.3 Å². The van der Waals surface area contributed by atoms with Crippen LogP contribution in [0.15, 0.2) is 42.6 Å². The van der Waals surface area contributed by atoms with Gasteiger partial charge in [0, 0.05) is 18.0 Å². The lowest BCUT2D eigenvalue weighted by molar-refractivity contribution is -0.384. The Morgan fingerprint density at radius 1 is 1.29 bits per heavy atom. The number of pyridine rings is 1. The zero-order chi connectivity index (χ0) is 12.3. The van der Waals surface area contributed by atoms with E-state index in [1.165, 1.54) is 6.07 Å². The maximum absolute atomic E-state index is 10.9. The van der Waals surface area contributed by atoms with Gasteiger partial charge in [0.25, 0.3) is 0 Å². The van der Waals surface area contributed by atoms with E-state index in [0.29, 0.717) is 0 Å². The Balaban J connectivity index is 2.36. The van der Waals surface area contributed by atoms with Gasteiger partial charge in [-0.1, -0.05) is 18.2 Å². The fourth-order valence-electron chi connectivity index (χ4n) is 1.45. The first kappa shape index (κ1) is 11.1. The van der Waals surface area contributed by atoms with Crippen LogP contribution in [0.25, 0.3) is 0 Å². The summed E-state index contributed by atoms with van der Waals surface area (Å²) in [6.07, 6.45) is 1.60. The molecule has 1 aromatic heterocycles. The molecule has 2 rings (SSSR count). The summed E-state index contributed by atoms with van der Waals surface area (Å²) in [4.78, 5) is 14.5. The van der Waals surface area contributed by atoms with Gasteiger partial charge >= 0.3 is 5.69 Å². The topological polar surface area (TPSA) is 68.1 Å². The van der Waals surface area contributed by atoms with Crippen molar-refractivity contribution in [3.63, 3.8) is 0 Å². The molecule has 0 fully saturated rings. The highest BCUT2D eigenvalue weighted by Gasteiger charge is 2.15. The maximum atomic E-state index is 10.9. The number of anilines is 2. The second-order valence-corrected chi connectivity index (χ2v) is 3.63. The van der Waals surface area contributed by atoms with Gasteiger partial charge in [-0.05, 0) is 24.6 Å². The van der Waals surface area contributed by atoms with Crippen LogP contribution in [0.3, 0.4) is 0 Å². The molecular formula is C12H11N3O2. The van der Waals surface area contributed by atoms with Gasteiger partial charge in [-0.2, -0.15) is 0 Å². The summed E-state index contributed by atoms with van der Waals surface area (Å²) in [5, 5.41) is 13.8. The second kappa shape index (κ2) is 4.61. The Morgan fingerprint density at radius 3 is 2.65 bits per heavy atom. The SMILES string of the molecule is Cc1cnc(Nc2ccccc2)c([N+](=O)[O-])c1. The lowest BCUT2D eigenvalue weighted by atomic mass is 10.2. The standard InChI is InChI=1S/C12H11N3O2/c1-9-7-11(15(16)17)12(13-8-9)14-10-5-3-2-4-6-10/h2-8H,1H3,(H,13,14). The minimum Gasteiger partial charge on any atom is -0.334 e. The van der Waals surface area contributed by atoms with Crippen molar-refractivity contribution in [2.24, 2.45) is 0 Å². The summed E-state index contributed by atoms with van der Waals surface area (Å²) in [5.41, 5.74) is 1.51. The zero-order valence-corrected chi connectivity index (χ0v) is 9.25. The number of hydrogen-bond donors (Lipinski definition) is 1. The van der Waals surface area contributed by atoms with Crippen LogP contribution in [0.5, 0.6) is 0 Å². The summed E-state index contributed by atoms with van der Waals surface area (Å²) < 4.78 is 0. The Bertz CT molecular complexity index is 541. The van der Waals surface area contributed by atoms with E-state index in [-0.39, 0.29) is 11.5 Å². The van der Waals surface area contributed by atoms with Crippen molar-refractivity contribution < 1.29 is 4.92 Å². The van der Waals surface area contributed by atoms with Crippen molar-refractivity contribution in [3.8, 4) is 0 Å². The predicted molar refractivity (Wildman–Crippen MR) is 65.4 cm³/mol. The third kappa shape index (κ3) is 2.57. The van der Waals surface area contributed by atoms with Crippen molar-refractivity contribution in [2.75, 3.05) is 5.32 Å². The molecule has 0 spiro atoms. The normalized spacial score (nSPS) is 9.94. The minimum atomic E-state index is -0.439. The number of nitrogens with zero attached hydrogens (tertiary/aromatic N) is 2. The molecule has 0 aliphatic rings. The van der Waals surface area contributed by atoms with E-state index >= 15 is 0 Å². The Hall–Kier alpha value is -2.43.